The topological polar surface area (TPSA) is 69.4 Å². The minimum atomic E-state index is -0.556. The summed E-state index contributed by atoms with van der Waals surface area (Å²) in [5.41, 5.74) is 1.52. The maximum atomic E-state index is 12.5. The van der Waals surface area contributed by atoms with E-state index in [1.807, 2.05) is 18.2 Å². The lowest BCUT2D eigenvalue weighted by molar-refractivity contribution is -0.384. The Kier molecular flexibility index (Phi) is 4.37. The van der Waals surface area contributed by atoms with E-state index in [0.29, 0.717) is 5.56 Å². The Morgan fingerprint density at radius 2 is 1.45 bits per heavy atom. The van der Waals surface area contributed by atoms with Gasteiger partial charge in [0, 0.05) is 12.1 Å². The summed E-state index contributed by atoms with van der Waals surface area (Å²) in [5, 5.41) is 17.7. The third-order valence-corrected chi connectivity index (χ3v) is 5.65. The molecule has 0 aromatic heterocycles. The zero-order valence-corrected chi connectivity index (χ0v) is 16.5. The Bertz CT molecular complexity index is 1470. The summed E-state index contributed by atoms with van der Waals surface area (Å²) in [6, 6.07) is 24.3. The predicted octanol–water partition coefficient (Wildman–Crippen LogP) is 6.25. The zero-order valence-electron chi connectivity index (χ0n) is 16.5. The van der Waals surface area contributed by atoms with Gasteiger partial charge in [0.2, 0.25) is 0 Å². The average molecular weight is 407 g/mol. The first kappa shape index (κ1) is 18.8. The molecule has 0 aliphatic heterocycles. The van der Waals surface area contributed by atoms with Gasteiger partial charge >= 0.3 is 5.97 Å². The normalized spacial score (nSPS) is 11.2. The van der Waals surface area contributed by atoms with Crippen LogP contribution in [0.25, 0.3) is 37.9 Å². The molecule has 0 radical (unpaired) electrons. The molecule has 31 heavy (non-hydrogen) atoms. The number of esters is 1. The van der Waals surface area contributed by atoms with E-state index >= 15 is 0 Å². The molecule has 0 aliphatic rings. The molecular formula is C26H17NO4. The van der Waals surface area contributed by atoms with Gasteiger partial charge in [0.25, 0.3) is 5.69 Å². The lowest BCUT2D eigenvalue weighted by Gasteiger charge is -2.14. The number of hydrogen-bond acceptors (Lipinski definition) is 4. The van der Waals surface area contributed by atoms with Crippen LogP contribution in [0.15, 0.2) is 85.4 Å². The van der Waals surface area contributed by atoms with E-state index < -0.39 is 10.9 Å². The monoisotopic (exact) mass is 407 g/mol. The second-order valence-corrected chi connectivity index (χ2v) is 7.44. The number of nitrogens with zero attached hydrogens (tertiary/aromatic N) is 1. The number of hydrogen-bond donors (Lipinski definition) is 0. The van der Waals surface area contributed by atoms with Gasteiger partial charge in [-0.3, -0.25) is 10.1 Å². The number of carbonyl (C=O) groups is 1. The molecule has 5 heteroatoms. The Balaban J connectivity index is 1.43. The molecule has 0 saturated carbocycles. The first-order valence-corrected chi connectivity index (χ1v) is 9.79. The van der Waals surface area contributed by atoms with Crippen molar-refractivity contribution in [3.05, 3.63) is 107 Å². The van der Waals surface area contributed by atoms with Gasteiger partial charge in [0.15, 0.2) is 0 Å². The Hall–Kier alpha value is -4.25. The van der Waals surface area contributed by atoms with Gasteiger partial charge in [-0.05, 0) is 55.6 Å². The molecule has 0 amide bonds. The molecule has 5 aromatic carbocycles. The highest BCUT2D eigenvalue weighted by Crippen LogP contribution is 2.36. The molecule has 5 nitrogen and oxygen atoms in total. The molecular weight excluding hydrogens is 390 g/mol. The maximum absolute atomic E-state index is 12.5. The summed E-state index contributed by atoms with van der Waals surface area (Å²) in [7, 11) is 0. The summed E-state index contributed by atoms with van der Waals surface area (Å²) in [5.74, 6) is -0.556. The molecule has 0 heterocycles. The van der Waals surface area contributed by atoms with Crippen LogP contribution in [0.2, 0.25) is 0 Å². The number of non-ortho nitro benzene ring substituents is 1. The van der Waals surface area contributed by atoms with Gasteiger partial charge in [-0.1, -0.05) is 61.2 Å². The van der Waals surface area contributed by atoms with E-state index in [9.17, 15) is 14.9 Å². The molecule has 0 fully saturated rings. The van der Waals surface area contributed by atoms with E-state index in [4.69, 9.17) is 4.74 Å². The number of rotatable bonds is 5. The Labute approximate surface area is 177 Å². The highest BCUT2D eigenvalue weighted by Gasteiger charge is 2.15. The molecule has 5 aromatic rings. The largest absolute Gasteiger partial charge is 0.457 e. The predicted molar refractivity (Wildman–Crippen MR) is 122 cm³/mol. The van der Waals surface area contributed by atoms with Crippen molar-refractivity contribution in [3.8, 4) is 0 Å². The van der Waals surface area contributed by atoms with E-state index in [-0.39, 0.29) is 17.9 Å². The fraction of sp³-hybridized carbons (Fsp3) is 0.0385. The van der Waals surface area contributed by atoms with Crippen molar-refractivity contribution in [2.75, 3.05) is 0 Å². The van der Waals surface area contributed by atoms with Gasteiger partial charge in [-0.2, -0.15) is 0 Å². The second kappa shape index (κ2) is 7.22. The Morgan fingerprint density at radius 1 is 0.839 bits per heavy atom. The molecule has 150 valence electrons. The lowest BCUT2D eigenvalue weighted by Crippen LogP contribution is -2.07. The van der Waals surface area contributed by atoms with Crippen LogP contribution in [0.5, 0.6) is 0 Å². The smallest absolute Gasteiger partial charge is 0.338 e. The minimum absolute atomic E-state index is 0.0430. The van der Waals surface area contributed by atoms with Crippen molar-refractivity contribution >= 4 is 49.5 Å². The molecule has 5 rings (SSSR count). The SMILES string of the molecule is C=C(C(=O)OCc1ccc2ccc3cccc4ccc1c2c34)c1ccc([N+](=O)[O-])cc1. The third kappa shape index (κ3) is 3.16. The van der Waals surface area contributed by atoms with Gasteiger partial charge in [0.1, 0.15) is 6.61 Å². The number of carbonyl (C=O) groups excluding carboxylic acids is 1. The van der Waals surface area contributed by atoms with Gasteiger partial charge < -0.3 is 4.74 Å². The van der Waals surface area contributed by atoms with Crippen LogP contribution in [0, 0.1) is 10.1 Å². The Morgan fingerprint density at radius 3 is 2.13 bits per heavy atom. The fourth-order valence-electron chi connectivity index (χ4n) is 4.05. The van der Waals surface area contributed by atoms with Crippen molar-refractivity contribution in [3.63, 3.8) is 0 Å². The number of nitro groups is 1. The molecule has 0 N–H and O–H groups in total. The van der Waals surface area contributed by atoms with Crippen LogP contribution in [0.1, 0.15) is 11.1 Å². The first-order valence-electron chi connectivity index (χ1n) is 9.79. The lowest BCUT2D eigenvalue weighted by atomic mass is 9.92. The summed E-state index contributed by atoms with van der Waals surface area (Å²) < 4.78 is 5.54. The summed E-state index contributed by atoms with van der Waals surface area (Å²) in [6.07, 6.45) is 0. The van der Waals surface area contributed by atoms with Crippen molar-refractivity contribution < 1.29 is 14.5 Å². The van der Waals surface area contributed by atoms with Gasteiger partial charge in [0.05, 0.1) is 10.5 Å². The maximum Gasteiger partial charge on any atom is 0.338 e. The van der Waals surface area contributed by atoms with Crippen LogP contribution in [-0.2, 0) is 16.1 Å². The van der Waals surface area contributed by atoms with Crippen molar-refractivity contribution in [2.24, 2.45) is 0 Å². The standard InChI is InChI=1S/C26H17NO4/c1-16(17-9-12-22(13-10-17)27(29)30)26(28)31-15-21-8-7-20-6-5-18-3-2-4-19-11-14-23(21)25(20)24(18)19/h2-14H,1,15H2. The van der Waals surface area contributed by atoms with Crippen molar-refractivity contribution in [1.29, 1.82) is 0 Å². The van der Waals surface area contributed by atoms with E-state index in [1.54, 1.807) is 0 Å². The van der Waals surface area contributed by atoms with Crippen molar-refractivity contribution in [2.45, 2.75) is 6.61 Å². The summed E-state index contributed by atoms with van der Waals surface area (Å²) in [6.45, 7) is 3.91. The second-order valence-electron chi connectivity index (χ2n) is 7.44. The van der Waals surface area contributed by atoms with E-state index in [0.717, 1.165) is 16.3 Å². The fourth-order valence-corrected chi connectivity index (χ4v) is 4.05. The minimum Gasteiger partial charge on any atom is -0.457 e. The molecule has 0 saturated heterocycles. The van der Waals surface area contributed by atoms with E-state index in [2.05, 4.69) is 43.0 Å². The number of benzene rings is 5. The van der Waals surface area contributed by atoms with Crippen LogP contribution >= 0.6 is 0 Å². The average Bonchev–Trinajstić information content (AvgIpc) is 2.81. The summed E-state index contributed by atoms with van der Waals surface area (Å²) >= 11 is 0. The van der Waals surface area contributed by atoms with Crippen LogP contribution in [0.3, 0.4) is 0 Å². The molecule has 0 atom stereocenters. The van der Waals surface area contributed by atoms with E-state index in [1.165, 1.54) is 45.8 Å². The van der Waals surface area contributed by atoms with Crippen LogP contribution in [0.4, 0.5) is 5.69 Å². The van der Waals surface area contributed by atoms with Gasteiger partial charge in [-0.25, -0.2) is 4.79 Å². The molecule has 0 aliphatic carbocycles. The van der Waals surface area contributed by atoms with Gasteiger partial charge in [-0.15, -0.1) is 0 Å². The van der Waals surface area contributed by atoms with Crippen LogP contribution < -0.4 is 0 Å². The molecule has 0 spiro atoms. The summed E-state index contributed by atoms with van der Waals surface area (Å²) in [4.78, 5) is 22.9. The zero-order chi connectivity index (χ0) is 21.5. The highest BCUT2D eigenvalue weighted by atomic mass is 16.6. The van der Waals surface area contributed by atoms with Crippen LogP contribution in [-0.4, -0.2) is 10.9 Å². The number of nitro benzene ring substituents is 1. The first-order chi connectivity index (χ1) is 15.0. The van der Waals surface area contributed by atoms with Crippen molar-refractivity contribution in [1.82, 2.24) is 0 Å². The number of ether oxygens (including phenoxy) is 1. The highest BCUT2D eigenvalue weighted by molar-refractivity contribution is 6.23. The molecule has 0 bridgehead atoms. The third-order valence-electron chi connectivity index (χ3n) is 5.65. The molecule has 0 unspecified atom stereocenters. The quantitative estimate of drug-likeness (QED) is 0.114.